The van der Waals surface area contributed by atoms with Crippen LogP contribution < -0.4 is 16.4 Å². The molecule has 2 aromatic heterocycles. The first-order valence-corrected chi connectivity index (χ1v) is 10.3. The SMILES string of the molecule is Cc1cc(CNC(=O)c2cc(C(=O)NCc3ccc(F)c(C)c3)n3nc(N)nc3n2)ccc1F. The lowest BCUT2D eigenvalue weighted by Crippen LogP contribution is -2.28. The fourth-order valence-electron chi connectivity index (χ4n) is 3.34. The highest BCUT2D eigenvalue weighted by molar-refractivity contribution is 5.98. The van der Waals surface area contributed by atoms with Crippen molar-refractivity contribution in [2.45, 2.75) is 26.9 Å². The van der Waals surface area contributed by atoms with E-state index in [1.165, 1.54) is 18.2 Å². The Balaban J connectivity index is 1.55. The number of anilines is 1. The summed E-state index contributed by atoms with van der Waals surface area (Å²) in [7, 11) is 0. The number of aromatic nitrogens is 4. The van der Waals surface area contributed by atoms with Gasteiger partial charge in [-0.1, -0.05) is 24.3 Å². The number of nitrogens with one attached hydrogen (secondary N) is 2. The molecule has 34 heavy (non-hydrogen) atoms. The fourth-order valence-corrected chi connectivity index (χ4v) is 3.34. The number of nitrogen functional groups attached to an aromatic ring is 1. The first-order chi connectivity index (χ1) is 16.2. The second kappa shape index (κ2) is 9.22. The van der Waals surface area contributed by atoms with E-state index in [-0.39, 0.29) is 47.8 Å². The predicted octanol–water partition coefficient (Wildman–Crippen LogP) is 2.46. The summed E-state index contributed by atoms with van der Waals surface area (Å²) in [4.78, 5) is 33.7. The third-order valence-electron chi connectivity index (χ3n) is 5.14. The number of fused-ring (bicyclic) bond motifs is 1. The van der Waals surface area contributed by atoms with Crippen LogP contribution in [0.4, 0.5) is 14.7 Å². The highest BCUT2D eigenvalue weighted by atomic mass is 19.1. The number of hydrogen-bond donors (Lipinski definition) is 3. The molecule has 9 nitrogen and oxygen atoms in total. The maximum Gasteiger partial charge on any atom is 0.270 e. The van der Waals surface area contributed by atoms with E-state index in [1.807, 2.05) is 0 Å². The Hall–Kier alpha value is -4.41. The Kier molecular flexibility index (Phi) is 6.17. The molecule has 0 bridgehead atoms. The number of benzene rings is 2. The second-order valence-corrected chi connectivity index (χ2v) is 7.74. The van der Waals surface area contributed by atoms with Gasteiger partial charge in [-0.25, -0.2) is 13.8 Å². The molecule has 2 aromatic carbocycles. The van der Waals surface area contributed by atoms with Gasteiger partial charge in [-0.2, -0.15) is 9.50 Å². The van der Waals surface area contributed by atoms with E-state index in [1.54, 1.807) is 38.1 Å². The molecule has 0 aliphatic carbocycles. The van der Waals surface area contributed by atoms with Crippen molar-refractivity contribution in [1.29, 1.82) is 0 Å². The average Bonchev–Trinajstić information content (AvgIpc) is 3.19. The number of amides is 2. The lowest BCUT2D eigenvalue weighted by molar-refractivity contribution is 0.0942. The van der Waals surface area contributed by atoms with Crippen LogP contribution in [0.2, 0.25) is 0 Å². The van der Waals surface area contributed by atoms with E-state index in [4.69, 9.17) is 5.73 Å². The minimum atomic E-state index is -0.561. The number of rotatable bonds is 6. The van der Waals surface area contributed by atoms with Gasteiger partial charge >= 0.3 is 0 Å². The molecule has 0 spiro atoms. The molecule has 2 heterocycles. The summed E-state index contributed by atoms with van der Waals surface area (Å²) in [6, 6.07) is 10.3. The zero-order chi connectivity index (χ0) is 24.4. The average molecular weight is 465 g/mol. The summed E-state index contributed by atoms with van der Waals surface area (Å²) in [6.45, 7) is 3.51. The molecule has 0 radical (unpaired) electrons. The molecule has 0 saturated carbocycles. The summed E-state index contributed by atoms with van der Waals surface area (Å²) in [5.74, 6) is -1.93. The minimum Gasteiger partial charge on any atom is -0.366 e. The maximum atomic E-state index is 13.5. The van der Waals surface area contributed by atoms with Crippen molar-refractivity contribution in [2.75, 3.05) is 5.73 Å². The number of carbonyl (C=O) groups excluding carboxylic acids is 2. The largest absolute Gasteiger partial charge is 0.366 e. The van der Waals surface area contributed by atoms with Gasteiger partial charge in [-0.3, -0.25) is 9.59 Å². The Morgan fingerprint density at radius 1 is 0.882 bits per heavy atom. The van der Waals surface area contributed by atoms with E-state index < -0.39 is 11.8 Å². The number of hydrogen-bond acceptors (Lipinski definition) is 6. The first kappa shape index (κ1) is 22.8. The van der Waals surface area contributed by atoms with E-state index in [9.17, 15) is 18.4 Å². The first-order valence-electron chi connectivity index (χ1n) is 10.3. The smallest absolute Gasteiger partial charge is 0.270 e. The number of halogens is 2. The second-order valence-electron chi connectivity index (χ2n) is 7.74. The highest BCUT2D eigenvalue weighted by Crippen LogP contribution is 2.12. The highest BCUT2D eigenvalue weighted by Gasteiger charge is 2.19. The molecule has 4 aromatic rings. The van der Waals surface area contributed by atoms with Crippen LogP contribution in [-0.2, 0) is 13.1 Å². The predicted molar refractivity (Wildman–Crippen MR) is 120 cm³/mol. The van der Waals surface area contributed by atoms with Crippen LogP contribution in [0.5, 0.6) is 0 Å². The van der Waals surface area contributed by atoms with Gasteiger partial charge in [0, 0.05) is 19.2 Å². The molecule has 0 aliphatic heterocycles. The molecular weight excluding hydrogens is 444 g/mol. The van der Waals surface area contributed by atoms with Gasteiger partial charge in [0.25, 0.3) is 17.6 Å². The van der Waals surface area contributed by atoms with Crippen LogP contribution >= 0.6 is 0 Å². The van der Waals surface area contributed by atoms with Gasteiger partial charge in [-0.15, -0.1) is 5.10 Å². The van der Waals surface area contributed by atoms with Crippen LogP contribution in [0, 0.1) is 25.5 Å². The monoisotopic (exact) mass is 465 g/mol. The number of carbonyl (C=O) groups is 2. The molecule has 4 N–H and O–H groups in total. The Morgan fingerprint density at radius 2 is 1.44 bits per heavy atom. The fraction of sp³-hybridized carbons (Fsp3) is 0.174. The van der Waals surface area contributed by atoms with Crippen molar-refractivity contribution in [3.8, 4) is 0 Å². The van der Waals surface area contributed by atoms with Gasteiger partial charge in [0.05, 0.1) is 0 Å². The van der Waals surface area contributed by atoms with Crippen molar-refractivity contribution in [3.63, 3.8) is 0 Å². The third kappa shape index (κ3) is 4.82. The molecular formula is C23H21F2N7O2. The van der Waals surface area contributed by atoms with Crippen LogP contribution in [0.15, 0.2) is 42.5 Å². The topological polar surface area (TPSA) is 127 Å². The molecule has 11 heteroatoms. The molecule has 0 unspecified atom stereocenters. The zero-order valence-electron chi connectivity index (χ0n) is 18.4. The van der Waals surface area contributed by atoms with Crippen LogP contribution in [0.25, 0.3) is 5.78 Å². The molecule has 4 rings (SSSR count). The van der Waals surface area contributed by atoms with Crippen LogP contribution in [0.1, 0.15) is 43.2 Å². The van der Waals surface area contributed by atoms with Crippen molar-refractivity contribution in [1.82, 2.24) is 30.2 Å². The van der Waals surface area contributed by atoms with Crippen molar-refractivity contribution >= 4 is 23.5 Å². The van der Waals surface area contributed by atoms with E-state index >= 15 is 0 Å². The lowest BCUT2D eigenvalue weighted by atomic mass is 10.1. The Morgan fingerprint density at radius 3 is 2.00 bits per heavy atom. The number of nitrogens with two attached hydrogens (primary N) is 1. The Bertz CT molecular complexity index is 1420. The molecule has 0 saturated heterocycles. The van der Waals surface area contributed by atoms with E-state index in [0.717, 1.165) is 4.52 Å². The van der Waals surface area contributed by atoms with E-state index in [2.05, 4.69) is 25.7 Å². The van der Waals surface area contributed by atoms with Crippen LogP contribution in [0.3, 0.4) is 0 Å². The van der Waals surface area contributed by atoms with E-state index in [0.29, 0.717) is 22.3 Å². The summed E-state index contributed by atoms with van der Waals surface area (Å²) in [5, 5.41) is 9.37. The maximum absolute atomic E-state index is 13.5. The summed E-state index contributed by atoms with van der Waals surface area (Å²) < 4.78 is 28.1. The van der Waals surface area contributed by atoms with Gasteiger partial charge in [0.1, 0.15) is 23.0 Å². The van der Waals surface area contributed by atoms with Crippen LogP contribution in [-0.4, -0.2) is 31.4 Å². The third-order valence-corrected chi connectivity index (χ3v) is 5.14. The Labute approximate surface area is 193 Å². The quantitative estimate of drug-likeness (QED) is 0.401. The molecule has 0 aliphatic rings. The molecule has 0 fully saturated rings. The van der Waals surface area contributed by atoms with Gasteiger partial charge in [0.15, 0.2) is 0 Å². The summed E-state index contributed by atoms with van der Waals surface area (Å²) in [6.07, 6.45) is 0. The van der Waals surface area contributed by atoms with Crippen molar-refractivity contribution in [3.05, 3.63) is 87.7 Å². The lowest BCUT2D eigenvalue weighted by Gasteiger charge is -2.10. The standard InChI is InChI=1S/C23H21F2N7O2/c1-12-7-14(3-5-16(12)24)10-27-20(33)18-9-19(32-23(29-18)30-22(26)31-32)21(34)28-11-15-4-6-17(25)13(2)8-15/h3-9H,10-11H2,1-2H3,(H2,26,31)(H,27,33)(H,28,34). The van der Waals surface area contributed by atoms with Crippen molar-refractivity contribution in [2.24, 2.45) is 0 Å². The summed E-state index contributed by atoms with van der Waals surface area (Å²) in [5.41, 5.74) is 7.90. The van der Waals surface area contributed by atoms with Gasteiger partial charge in [0.2, 0.25) is 5.95 Å². The zero-order valence-corrected chi connectivity index (χ0v) is 18.4. The van der Waals surface area contributed by atoms with Crippen molar-refractivity contribution < 1.29 is 18.4 Å². The van der Waals surface area contributed by atoms with Gasteiger partial charge < -0.3 is 16.4 Å². The molecule has 2 amide bonds. The molecule has 0 atom stereocenters. The van der Waals surface area contributed by atoms with Gasteiger partial charge in [-0.05, 0) is 48.2 Å². The minimum absolute atomic E-state index is 0.00388. The molecule has 174 valence electrons. The number of nitrogens with zero attached hydrogens (tertiary/aromatic N) is 4. The summed E-state index contributed by atoms with van der Waals surface area (Å²) >= 11 is 0. The normalized spacial score (nSPS) is 10.9. The number of aryl methyl sites for hydroxylation is 2.